The molecule has 0 N–H and O–H groups in total. The Bertz CT molecular complexity index is 468. The molecule has 98 valence electrons. The van der Waals surface area contributed by atoms with Gasteiger partial charge in [0, 0.05) is 17.4 Å². The number of carbonyl (C=O) groups excluding carboxylic acids is 1. The molecule has 0 unspecified atom stereocenters. The molecule has 1 saturated carbocycles. The van der Waals surface area contributed by atoms with Crippen molar-refractivity contribution in [2.24, 2.45) is 0 Å². The Labute approximate surface area is 108 Å². The van der Waals surface area contributed by atoms with Gasteiger partial charge < -0.3 is 0 Å². The van der Waals surface area contributed by atoms with Crippen LogP contribution in [0.2, 0.25) is 5.02 Å². The molecule has 2 rings (SSSR count). The fourth-order valence-electron chi connectivity index (χ4n) is 2.30. The first-order valence-electron chi connectivity index (χ1n) is 5.79. The minimum atomic E-state index is -4.40. The Morgan fingerprint density at radius 1 is 1.22 bits per heavy atom. The van der Waals surface area contributed by atoms with Gasteiger partial charge in [0.25, 0.3) is 0 Å². The van der Waals surface area contributed by atoms with Gasteiger partial charge in [0.15, 0.2) is 0 Å². The van der Waals surface area contributed by atoms with Crippen molar-refractivity contribution in [2.75, 3.05) is 0 Å². The number of alkyl halides is 3. The SMILES string of the molecule is O=C1CCCC[C@@H]1c1ccc(C(F)(F)F)cc1Cl. The summed E-state index contributed by atoms with van der Waals surface area (Å²) in [7, 11) is 0. The second-order valence-corrected chi connectivity index (χ2v) is 4.91. The highest BCUT2D eigenvalue weighted by molar-refractivity contribution is 6.31. The summed E-state index contributed by atoms with van der Waals surface area (Å²) in [6.07, 6.45) is -1.48. The van der Waals surface area contributed by atoms with Crippen molar-refractivity contribution in [3.63, 3.8) is 0 Å². The second kappa shape index (κ2) is 4.92. The lowest BCUT2D eigenvalue weighted by molar-refractivity contribution is -0.137. The highest BCUT2D eigenvalue weighted by atomic mass is 35.5. The fraction of sp³-hybridized carbons (Fsp3) is 0.462. The summed E-state index contributed by atoms with van der Waals surface area (Å²) in [5, 5.41) is 0.0325. The number of benzene rings is 1. The summed E-state index contributed by atoms with van der Waals surface area (Å²) >= 11 is 5.88. The van der Waals surface area contributed by atoms with Gasteiger partial charge >= 0.3 is 6.18 Å². The van der Waals surface area contributed by atoms with Crippen LogP contribution in [0.5, 0.6) is 0 Å². The zero-order chi connectivity index (χ0) is 13.3. The number of ketones is 1. The van der Waals surface area contributed by atoms with Gasteiger partial charge in [0.1, 0.15) is 5.78 Å². The molecule has 0 radical (unpaired) electrons. The summed E-state index contributed by atoms with van der Waals surface area (Å²) in [6.45, 7) is 0. The first-order valence-corrected chi connectivity index (χ1v) is 6.17. The van der Waals surface area contributed by atoms with Crippen LogP contribution < -0.4 is 0 Å². The number of hydrogen-bond acceptors (Lipinski definition) is 1. The molecule has 1 fully saturated rings. The molecule has 1 atom stereocenters. The van der Waals surface area contributed by atoms with Crippen LogP contribution in [0.1, 0.15) is 42.7 Å². The Hall–Kier alpha value is -1.03. The van der Waals surface area contributed by atoms with E-state index in [1.165, 1.54) is 6.07 Å². The van der Waals surface area contributed by atoms with Gasteiger partial charge in [-0.05, 0) is 30.5 Å². The van der Waals surface area contributed by atoms with Crippen molar-refractivity contribution in [3.05, 3.63) is 34.3 Å². The monoisotopic (exact) mass is 276 g/mol. The largest absolute Gasteiger partial charge is 0.416 e. The predicted molar refractivity (Wildman–Crippen MR) is 62.7 cm³/mol. The highest BCUT2D eigenvalue weighted by Gasteiger charge is 2.32. The van der Waals surface area contributed by atoms with E-state index in [1.54, 1.807) is 0 Å². The molecule has 0 amide bonds. The molecule has 0 bridgehead atoms. The number of Topliss-reactive ketones (excluding diaryl/α,β-unsaturated/α-hetero) is 1. The zero-order valence-electron chi connectivity index (χ0n) is 9.56. The fourth-order valence-corrected chi connectivity index (χ4v) is 2.61. The van der Waals surface area contributed by atoms with E-state index in [1.807, 2.05) is 0 Å². The molecule has 0 saturated heterocycles. The standard InChI is InChI=1S/C13H12ClF3O/c14-11-7-8(13(15,16)17)5-6-9(11)10-3-1-2-4-12(10)18/h5-7,10H,1-4H2/t10-/m1/s1. The van der Waals surface area contributed by atoms with Crippen molar-refractivity contribution in [1.82, 2.24) is 0 Å². The molecule has 0 spiro atoms. The van der Waals surface area contributed by atoms with E-state index < -0.39 is 11.7 Å². The molecule has 1 aromatic rings. The predicted octanol–water partition coefficient (Wildman–Crippen LogP) is 4.59. The van der Waals surface area contributed by atoms with Crippen molar-refractivity contribution >= 4 is 17.4 Å². The number of rotatable bonds is 1. The van der Waals surface area contributed by atoms with Crippen molar-refractivity contribution < 1.29 is 18.0 Å². The first kappa shape index (κ1) is 13.4. The van der Waals surface area contributed by atoms with E-state index in [0.29, 0.717) is 18.4 Å². The molecule has 18 heavy (non-hydrogen) atoms. The van der Waals surface area contributed by atoms with E-state index in [2.05, 4.69) is 0 Å². The average molecular weight is 277 g/mol. The zero-order valence-corrected chi connectivity index (χ0v) is 10.3. The minimum Gasteiger partial charge on any atom is -0.299 e. The lowest BCUT2D eigenvalue weighted by Crippen LogP contribution is -2.17. The molecule has 0 aromatic heterocycles. The molecule has 1 nitrogen and oxygen atoms in total. The van der Waals surface area contributed by atoms with Gasteiger partial charge in [-0.25, -0.2) is 0 Å². The van der Waals surface area contributed by atoms with Crippen LogP contribution in [0.3, 0.4) is 0 Å². The molecule has 0 aliphatic heterocycles. The third-order valence-corrected chi connectivity index (χ3v) is 3.59. The van der Waals surface area contributed by atoms with E-state index in [9.17, 15) is 18.0 Å². The Morgan fingerprint density at radius 3 is 2.50 bits per heavy atom. The third-order valence-electron chi connectivity index (χ3n) is 3.26. The smallest absolute Gasteiger partial charge is 0.299 e. The molecular formula is C13H12ClF3O. The maximum atomic E-state index is 12.5. The lowest BCUT2D eigenvalue weighted by atomic mass is 9.83. The van der Waals surface area contributed by atoms with Gasteiger partial charge in [-0.3, -0.25) is 4.79 Å². The third kappa shape index (κ3) is 2.69. The quantitative estimate of drug-likeness (QED) is 0.733. The van der Waals surface area contributed by atoms with Gasteiger partial charge in [-0.1, -0.05) is 24.1 Å². The molecule has 0 heterocycles. The summed E-state index contributed by atoms with van der Waals surface area (Å²) in [6, 6.07) is 3.22. The lowest BCUT2D eigenvalue weighted by Gasteiger charge is -2.22. The first-order chi connectivity index (χ1) is 8.39. The van der Waals surface area contributed by atoms with Crippen LogP contribution in [0, 0.1) is 0 Å². The highest BCUT2D eigenvalue weighted by Crippen LogP contribution is 2.37. The van der Waals surface area contributed by atoms with Crippen molar-refractivity contribution in [3.8, 4) is 0 Å². The van der Waals surface area contributed by atoms with Crippen LogP contribution in [-0.2, 0) is 11.0 Å². The maximum absolute atomic E-state index is 12.5. The normalized spacial score (nSPS) is 21.1. The Kier molecular flexibility index (Phi) is 3.66. The number of carbonyl (C=O) groups is 1. The van der Waals surface area contributed by atoms with Crippen LogP contribution in [0.15, 0.2) is 18.2 Å². The number of hydrogen-bond donors (Lipinski definition) is 0. The van der Waals surface area contributed by atoms with Crippen LogP contribution in [-0.4, -0.2) is 5.78 Å². The van der Waals surface area contributed by atoms with Gasteiger partial charge in [-0.2, -0.15) is 13.2 Å². The Morgan fingerprint density at radius 2 is 1.94 bits per heavy atom. The average Bonchev–Trinajstić information content (AvgIpc) is 2.29. The van der Waals surface area contributed by atoms with Gasteiger partial charge in [0.2, 0.25) is 0 Å². The van der Waals surface area contributed by atoms with E-state index in [-0.39, 0.29) is 16.7 Å². The van der Waals surface area contributed by atoms with Gasteiger partial charge in [0.05, 0.1) is 5.56 Å². The topological polar surface area (TPSA) is 17.1 Å². The van der Waals surface area contributed by atoms with Crippen LogP contribution in [0.4, 0.5) is 13.2 Å². The molecular weight excluding hydrogens is 265 g/mol. The van der Waals surface area contributed by atoms with E-state index >= 15 is 0 Å². The van der Waals surface area contributed by atoms with E-state index in [0.717, 1.165) is 25.0 Å². The van der Waals surface area contributed by atoms with Gasteiger partial charge in [-0.15, -0.1) is 0 Å². The molecule has 1 aliphatic carbocycles. The summed E-state index contributed by atoms with van der Waals surface area (Å²) < 4.78 is 37.5. The molecule has 1 aromatic carbocycles. The maximum Gasteiger partial charge on any atom is 0.416 e. The summed E-state index contributed by atoms with van der Waals surface area (Å²) in [4.78, 5) is 11.7. The minimum absolute atomic E-state index is 0.0325. The van der Waals surface area contributed by atoms with Crippen molar-refractivity contribution in [2.45, 2.75) is 37.8 Å². The molecule has 5 heteroatoms. The summed E-state index contributed by atoms with van der Waals surface area (Å²) in [5.74, 6) is -0.267. The van der Waals surface area contributed by atoms with Crippen molar-refractivity contribution in [1.29, 1.82) is 0 Å². The van der Waals surface area contributed by atoms with Crippen LogP contribution in [0.25, 0.3) is 0 Å². The summed E-state index contributed by atoms with van der Waals surface area (Å²) in [5.41, 5.74) is -0.256. The molecule has 1 aliphatic rings. The van der Waals surface area contributed by atoms with E-state index in [4.69, 9.17) is 11.6 Å². The Balaban J connectivity index is 2.32. The number of halogens is 4. The van der Waals surface area contributed by atoms with Crippen LogP contribution >= 0.6 is 11.6 Å². The second-order valence-electron chi connectivity index (χ2n) is 4.50.